The van der Waals surface area contributed by atoms with Crippen LogP contribution in [0.2, 0.25) is 0 Å². The average molecular weight is 460 g/mol. The number of carbonyl (C=O) groups is 3. The van der Waals surface area contributed by atoms with Crippen LogP contribution < -0.4 is 5.32 Å². The predicted molar refractivity (Wildman–Crippen MR) is 106 cm³/mol. The van der Waals surface area contributed by atoms with Gasteiger partial charge in [0, 0.05) is 19.3 Å². The molecule has 182 valence electrons. The summed E-state index contributed by atoms with van der Waals surface area (Å²) in [5.41, 5.74) is -1.20. The number of fused-ring (bicyclic) bond motifs is 2. The lowest BCUT2D eigenvalue weighted by molar-refractivity contribution is -0.238. The Labute approximate surface area is 186 Å². The van der Waals surface area contributed by atoms with Gasteiger partial charge in [-0.2, -0.15) is 0 Å². The van der Waals surface area contributed by atoms with Crippen molar-refractivity contribution in [2.75, 3.05) is 52.8 Å². The van der Waals surface area contributed by atoms with Gasteiger partial charge in [0.1, 0.15) is 23.9 Å². The van der Waals surface area contributed by atoms with Crippen molar-refractivity contribution < 1.29 is 48.3 Å². The molecule has 0 aromatic heterocycles. The molecule has 0 saturated carbocycles. The van der Waals surface area contributed by atoms with Crippen molar-refractivity contribution in [2.24, 2.45) is 5.92 Å². The van der Waals surface area contributed by atoms with Crippen molar-refractivity contribution in [3.05, 3.63) is 0 Å². The third kappa shape index (κ3) is 5.63. The molecule has 3 saturated heterocycles. The maximum absolute atomic E-state index is 11.8. The van der Waals surface area contributed by atoms with E-state index in [1.165, 1.54) is 11.8 Å². The molecule has 12 heteroatoms. The lowest BCUT2D eigenvalue weighted by Gasteiger charge is -2.42. The van der Waals surface area contributed by atoms with Gasteiger partial charge in [0.2, 0.25) is 17.7 Å². The smallest absolute Gasteiger partial charge is 0.232 e. The molecule has 0 aromatic rings. The van der Waals surface area contributed by atoms with Crippen LogP contribution in [0.4, 0.5) is 0 Å². The van der Waals surface area contributed by atoms with Crippen LogP contribution >= 0.6 is 0 Å². The van der Waals surface area contributed by atoms with E-state index in [1.807, 2.05) is 0 Å². The Hall–Kier alpha value is -1.67. The van der Waals surface area contributed by atoms with E-state index in [-0.39, 0.29) is 69.6 Å². The van der Waals surface area contributed by atoms with Gasteiger partial charge in [0.25, 0.3) is 0 Å². The second-order valence-electron chi connectivity index (χ2n) is 8.29. The van der Waals surface area contributed by atoms with Crippen molar-refractivity contribution in [1.82, 2.24) is 10.2 Å². The number of ether oxygens (including phenoxy) is 5. The first-order valence-electron chi connectivity index (χ1n) is 10.8. The summed E-state index contributed by atoms with van der Waals surface area (Å²) < 4.78 is 27.6. The van der Waals surface area contributed by atoms with Crippen LogP contribution in [0.3, 0.4) is 0 Å². The van der Waals surface area contributed by atoms with Crippen LogP contribution in [0.1, 0.15) is 20.3 Å². The van der Waals surface area contributed by atoms with Gasteiger partial charge in [-0.05, 0) is 0 Å². The Bertz CT molecular complexity index is 691. The van der Waals surface area contributed by atoms with Gasteiger partial charge in [0.05, 0.1) is 52.8 Å². The fourth-order valence-corrected chi connectivity index (χ4v) is 4.00. The molecular weight excluding hydrogens is 428 g/mol. The van der Waals surface area contributed by atoms with Gasteiger partial charge in [-0.3, -0.25) is 19.3 Å². The molecule has 32 heavy (non-hydrogen) atoms. The van der Waals surface area contributed by atoms with Crippen LogP contribution in [0.25, 0.3) is 0 Å². The molecule has 2 bridgehead atoms. The third-order valence-electron chi connectivity index (χ3n) is 5.76. The van der Waals surface area contributed by atoms with E-state index in [0.717, 1.165) is 0 Å². The number of aliphatic hydroxyl groups is 2. The second kappa shape index (κ2) is 11.0. The van der Waals surface area contributed by atoms with Crippen molar-refractivity contribution in [3.63, 3.8) is 0 Å². The molecule has 3 heterocycles. The lowest BCUT2D eigenvalue weighted by Crippen LogP contribution is -2.66. The Balaban J connectivity index is 1.25. The molecule has 3 aliphatic heterocycles. The van der Waals surface area contributed by atoms with Crippen LogP contribution in [-0.4, -0.2) is 116 Å². The maximum Gasteiger partial charge on any atom is 0.232 e. The van der Waals surface area contributed by atoms with Crippen molar-refractivity contribution >= 4 is 17.7 Å². The van der Waals surface area contributed by atoms with Gasteiger partial charge < -0.3 is 39.2 Å². The van der Waals surface area contributed by atoms with E-state index in [0.29, 0.717) is 13.2 Å². The number of carbonyl (C=O) groups excluding carboxylic acids is 3. The molecule has 0 spiro atoms. The van der Waals surface area contributed by atoms with E-state index in [9.17, 15) is 24.6 Å². The van der Waals surface area contributed by atoms with Gasteiger partial charge in [0.15, 0.2) is 6.29 Å². The highest BCUT2D eigenvalue weighted by atomic mass is 16.8. The topological polar surface area (TPSA) is 153 Å². The summed E-state index contributed by atoms with van der Waals surface area (Å²) in [5, 5.41) is 23.3. The van der Waals surface area contributed by atoms with Gasteiger partial charge in [-0.1, -0.05) is 6.92 Å². The zero-order valence-corrected chi connectivity index (χ0v) is 18.4. The first-order valence-corrected chi connectivity index (χ1v) is 10.8. The molecular formula is C20H32N2O10. The quantitative estimate of drug-likeness (QED) is 0.216. The van der Waals surface area contributed by atoms with E-state index in [2.05, 4.69) is 5.32 Å². The second-order valence-corrected chi connectivity index (χ2v) is 8.29. The number of aliphatic hydroxyl groups excluding tert-OH is 2. The van der Waals surface area contributed by atoms with Crippen LogP contribution in [0.15, 0.2) is 0 Å². The molecule has 3 amide bonds. The molecule has 0 aliphatic carbocycles. The van der Waals surface area contributed by atoms with E-state index in [4.69, 9.17) is 23.7 Å². The number of nitrogens with one attached hydrogen (secondary N) is 1. The zero-order valence-electron chi connectivity index (χ0n) is 18.4. The summed E-state index contributed by atoms with van der Waals surface area (Å²) in [6, 6.07) is -0.855. The molecule has 6 atom stereocenters. The molecule has 3 N–H and O–H groups in total. The van der Waals surface area contributed by atoms with Crippen molar-refractivity contribution in [3.8, 4) is 0 Å². The third-order valence-corrected chi connectivity index (χ3v) is 5.76. The molecule has 3 rings (SSSR count). The number of imide groups is 1. The monoisotopic (exact) mass is 460 g/mol. The molecule has 0 aromatic carbocycles. The Morgan fingerprint density at radius 3 is 2.44 bits per heavy atom. The van der Waals surface area contributed by atoms with Crippen molar-refractivity contribution in [1.29, 1.82) is 0 Å². The van der Waals surface area contributed by atoms with Gasteiger partial charge in [-0.25, -0.2) is 0 Å². The molecule has 1 unspecified atom stereocenters. The van der Waals surface area contributed by atoms with Gasteiger partial charge >= 0.3 is 0 Å². The van der Waals surface area contributed by atoms with E-state index in [1.54, 1.807) is 6.92 Å². The molecule has 3 fully saturated rings. The predicted octanol–water partition coefficient (Wildman–Crippen LogP) is -2.22. The molecule has 3 aliphatic rings. The number of rotatable bonds is 12. The Kier molecular flexibility index (Phi) is 8.55. The fraction of sp³-hybridized carbons (Fsp3) is 0.850. The summed E-state index contributed by atoms with van der Waals surface area (Å²) in [4.78, 5) is 36.0. The highest BCUT2D eigenvalue weighted by Gasteiger charge is 2.59. The number of hydrogen-bond acceptors (Lipinski definition) is 10. The fourth-order valence-electron chi connectivity index (χ4n) is 4.00. The van der Waals surface area contributed by atoms with Gasteiger partial charge in [-0.15, -0.1) is 0 Å². The van der Waals surface area contributed by atoms with Crippen molar-refractivity contribution in [2.45, 2.75) is 50.4 Å². The minimum Gasteiger partial charge on any atom is -0.388 e. The minimum absolute atomic E-state index is 0.00923. The summed E-state index contributed by atoms with van der Waals surface area (Å²) in [5.74, 6) is -0.939. The summed E-state index contributed by atoms with van der Waals surface area (Å²) in [7, 11) is 0. The first-order chi connectivity index (χ1) is 15.2. The zero-order chi connectivity index (χ0) is 23.3. The minimum atomic E-state index is -1.29. The number of nitrogens with zero attached hydrogens (tertiary/aromatic N) is 1. The number of amides is 3. The SMILES string of the molecule is CC(=O)N[C@@H]1[C@H]2OC[C@](COCCOCCOCCN3C(=O)CC(C)C3=O)(O2)[C@H](O)[C@@H]1O. The standard InChI is InChI=1S/C20H32N2O10/c1-12-9-14(24)22(18(12)27)3-4-28-5-6-29-7-8-30-10-20-11-31-19(32-20)15(21-13(2)23)16(25)17(20)26/h12,15-17,19,25-26H,3-11H2,1-2H3,(H,21,23)/t12?,15-,16+,17+,19-,20-/m0/s1. The van der Waals surface area contributed by atoms with Crippen LogP contribution in [0.5, 0.6) is 0 Å². The number of likely N-dealkylation sites (tertiary alicyclic amines) is 1. The average Bonchev–Trinajstić information content (AvgIpc) is 3.25. The van der Waals surface area contributed by atoms with E-state index >= 15 is 0 Å². The lowest BCUT2D eigenvalue weighted by atomic mass is 9.88. The maximum atomic E-state index is 11.8. The molecule has 0 radical (unpaired) electrons. The largest absolute Gasteiger partial charge is 0.388 e. The Morgan fingerprint density at radius 1 is 1.16 bits per heavy atom. The summed E-state index contributed by atoms with van der Waals surface area (Å²) >= 11 is 0. The summed E-state index contributed by atoms with van der Waals surface area (Å²) in [6.45, 7) is 4.68. The molecule has 12 nitrogen and oxygen atoms in total. The Morgan fingerprint density at radius 2 is 1.81 bits per heavy atom. The highest BCUT2D eigenvalue weighted by Crippen LogP contribution is 2.37. The first kappa shape index (κ1) is 25.0. The van der Waals surface area contributed by atoms with Crippen LogP contribution in [0, 0.1) is 5.92 Å². The number of hydrogen-bond donors (Lipinski definition) is 3. The van der Waals surface area contributed by atoms with E-state index < -0.39 is 30.1 Å². The highest BCUT2D eigenvalue weighted by molar-refractivity contribution is 6.03. The normalized spacial score (nSPS) is 34.4. The van der Waals surface area contributed by atoms with Crippen LogP contribution in [-0.2, 0) is 38.1 Å². The summed E-state index contributed by atoms with van der Waals surface area (Å²) in [6.07, 6.45) is -3.13.